The van der Waals surface area contributed by atoms with Crippen molar-refractivity contribution in [2.24, 2.45) is 5.73 Å². The summed E-state index contributed by atoms with van der Waals surface area (Å²) in [6, 6.07) is 13.0. The lowest BCUT2D eigenvalue weighted by atomic mass is 9.81. The van der Waals surface area contributed by atoms with Gasteiger partial charge in [0.25, 0.3) is 5.69 Å². The number of halogens is 1. The lowest BCUT2D eigenvalue weighted by Gasteiger charge is -2.35. The molecule has 1 aliphatic heterocycles. The number of nitrogens with two attached hydrogens (primary N) is 1. The summed E-state index contributed by atoms with van der Waals surface area (Å²) in [6.45, 7) is 2.30. The van der Waals surface area contributed by atoms with E-state index in [9.17, 15) is 25.0 Å². The maximum atomic E-state index is 13.2. The Morgan fingerprint density at radius 3 is 2.39 bits per heavy atom. The second kappa shape index (κ2) is 12.2. The summed E-state index contributed by atoms with van der Waals surface area (Å²) in [5, 5.41) is 22.3. The highest BCUT2D eigenvalue weighted by Gasteiger charge is 2.44. The number of nitro groups is 1. The number of carbonyl (C=O) groups is 2. The molecule has 0 saturated heterocycles. The van der Waals surface area contributed by atoms with Crippen LogP contribution in [0.4, 0.5) is 11.4 Å². The second-order valence-corrected chi connectivity index (χ2v) is 8.92. The maximum absolute atomic E-state index is 13.2. The highest BCUT2D eigenvalue weighted by Crippen LogP contribution is 2.47. The van der Waals surface area contributed by atoms with Gasteiger partial charge in [0.05, 0.1) is 53.4 Å². The van der Waals surface area contributed by atoms with E-state index in [0.717, 1.165) is 32.0 Å². The van der Waals surface area contributed by atoms with Crippen LogP contribution in [-0.2, 0) is 19.1 Å². The molecule has 38 heavy (non-hydrogen) atoms. The van der Waals surface area contributed by atoms with Gasteiger partial charge in [0, 0.05) is 12.1 Å². The first-order valence-electron chi connectivity index (χ1n) is 11.5. The fourth-order valence-electron chi connectivity index (χ4n) is 4.06. The minimum absolute atomic E-state index is 0.116. The van der Waals surface area contributed by atoms with E-state index in [0.29, 0.717) is 16.6 Å². The number of hydrogen-bond acceptors (Lipinski definition) is 10. The lowest BCUT2D eigenvalue weighted by Crippen LogP contribution is -2.41. The van der Waals surface area contributed by atoms with E-state index >= 15 is 0 Å². The number of nitrogens with zero attached hydrogens (tertiary/aromatic N) is 3. The number of ether oxygens (including phenoxy) is 3. The Hall–Kier alpha value is -4.37. The number of esters is 2. The van der Waals surface area contributed by atoms with Gasteiger partial charge in [0.15, 0.2) is 0 Å². The van der Waals surface area contributed by atoms with Gasteiger partial charge in [-0.2, -0.15) is 5.26 Å². The van der Waals surface area contributed by atoms with Crippen LogP contribution in [0.1, 0.15) is 31.2 Å². The van der Waals surface area contributed by atoms with Crippen LogP contribution < -0.4 is 15.4 Å². The Morgan fingerprint density at radius 1 is 1.18 bits per heavy atom. The van der Waals surface area contributed by atoms with Crippen LogP contribution in [0.3, 0.4) is 0 Å². The minimum atomic E-state index is -1.10. The standard InChI is InChI=1S/C26H25BrN4O7/c1-4-5-11-38-20-13-18(19(31(34)35)12-17(20)27)30-23(26(33)37-3)22(25(32)36-2)21(16(14-28)24(30)29)15-9-7-6-8-10-15/h6-10,12-13,21H,4-5,11,29H2,1-3H3. The largest absolute Gasteiger partial charge is 0.492 e. The molecule has 12 heteroatoms. The van der Waals surface area contributed by atoms with Crippen molar-refractivity contribution in [1.82, 2.24) is 0 Å². The molecule has 0 fully saturated rings. The molecular formula is C26H25BrN4O7. The number of anilines is 1. The van der Waals surface area contributed by atoms with Crippen LogP contribution >= 0.6 is 15.9 Å². The van der Waals surface area contributed by atoms with Crippen LogP contribution in [0, 0.1) is 21.4 Å². The summed E-state index contributed by atoms with van der Waals surface area (Å²) in [6.07, 6.45) is 1.57. The highest BCUT2D eigenvalue weighted by molar-refractivity contribution is 9.10. The zero-order valence-corrected chi connectivity index (χ0v) is 22.5. The summed E-state index contributed by atoms with van der Waals surface area (Å²) in [5.41, 5.74) is 5.47. The molecule has 0 radical (unpaired) electrons. The fourth-order valence-corrected chi connectivity index (χ4v) is 4.50. The number of rotatable bonds is 9. The van der Waals surface area contributed by atoms with E-state index in [-0.39, 0.29) is 28.4 Å². The smallest absolute Gasteiger partial charge is 0.355 e. The van der Waals surface area contributed by atoms with E-state index < -0.39 is 34.2 Å². The zero-order valence-electron chi connectivity index (χ0n) is 20.9. The Bertz CT molecular complexity index is 1370. The third-order valence-electron chi connectivity index (χ3n) is 5.83. The summed E-state index contributed by atoms with van der Waals surface area (Å²) < 4.78 is 16.1. The van der Waals surface area contributed by atoms with Crippen LogP contribution in [0.2, 0.25) is 0 Å². The van der Waals surface area contributed by atoms with Gasteiger partial charge in [-0.25, -0.2) is 9.59 Å². The van der Waals surface area contributed by atoms with E-state index in [1.165, 1.54) is 12.1 Å². The van der Waals surface area contributed by atoms with Crippen LogP contribution in [0.15, 0.2) is 69.6 Å². The highest BCUT2D eigenvalue weighted by atomic mass is 79.9. The number of methoxy groups -OCH3 is 2. The van der Waals surface area contributed by atoms with Gasteiger partial charge in [-0.1, -0.05) is 43.7 Å². The Kier molecular flexibility index (Phi) is 9.09. The average Bonchev–Trinajstić information content (AvgIpc) is 2.92. The molecule has 0 aliphatic carbocycles. The van der Waals surface area contributed by atoms with Crippen molar-refractivity contribution in [2.75, 3.05) is 25.7 Å². The summed E-state index contributed by atoms with van der Waals surface area (Å²) in [5.74, 6) is -3.12. The fraction of sp³-hybridized carbons (Fsp3) is 0.269. The number of carbonyl (C=O) groups excluding carboxylic acids is 2. The number of hydrogen-bond donors (Lipinski definition) is 1. The van der Waals surface area contributed by atoms with E-state index in [4.69, 9.17) is 19.9 Å². The molecule has 1 aliphatic rings. The van der Waals surface area contributed by atoms with Crippen molar-refractivity contribution in [3.05, 3.63) is 85.3 Å². The van der Waals surface area contributed by atoms with Crippen molar-refractivity contribution in [1.29, 1.82) is 5.26 Å². The topological polar surface area (TPSA) is 158 Å². The normalized spacial score (nSPS) is 15.1. The molecule has 0 aromatic heterocycles. The predicted octanol–water partition coefficient (Wildman–Crippen LogP) is 4.43. The third-order valence-corrected chi connectivity index (χ3v) is 6.45. The van der Waals surface area contributed by atoms with Gasteiger partial charge < -0.3 is 19.9 Å². The van der Waals surface area contributed by atoms with Gasteiger partial charge in [0.1, 0.15) is 23.0 Å². The molecule has 1 unspecified atom stereocenters. The molecule has 1 atom stereocenters. The molecule has 2 aromatic rings. The molecule has 0 saturated carbocycles. The van der Waals surface area contributed by atoms with Gasteiger partial charge in [-0.05, 0) is 27.9 Å². The molecule has 1 heterocycles. The molecule has 198 valence electrons. The van der Waals surface area contributed by atoms with Gasteiger partial charge in [-0.15, -0.1) is 0 Å². The van der Waals surface area contributed by atoms with Crippen LogP contribution in [0.5, 0.6) is 5.75 Å². The quantitative estimate of drug-likeness (QED) is 0.193. The molecule has 0 bridgehead atoms. The zero-order chi connectivity index (χ0) is 28.0. The molecule has 3 rings (SSSR count). The third kappa shape index (κ3) is 5.33. The summed E-state index contributed by atoms with van der Waals surface area (Å²) in [4.78, 5) is 38.9. The summed E-state index contributed by atoms with van der Waals surface area (Å²) in [7, 11) is 2.21. The van der Waals surface area contributed by atoms with Crippen molar-refractivity contribution >= 4 is 39.2 Å². The summed E-state index contributed by atoms with van der Waals surface area (Å²) >= 11 is 3.29. The number of unbranched alkanes of at least 4 members (excludes halogenated alkanes) is 1. The van der Waals surface area contributed by atoms with E-state index in [2.05, 4.69) is 15.9 Å². The first-order chi connectivity index (χ1) is 18.2. The van der Waals surface area contributed by atoms with Crippen molar-refractivity contribution < 1.29 is 28.7 Å². The van der Waals surface area contributed by atoms with E-state index in [1.807, 2.05) is 13.0 Å². The van der Waals surface area contributed by atoms with Crippen LogP contribution in [-0.4, -0.2) is 37.7 Å². The number of nitro benzene ring substituents is 1. The molecule has 2 N–H and O–H groups in total. The number of allylic oxidation sites excluding steroid dienone is 1. The minimum Gasteiger partial charge on any atom is -0.492 e. The first kappa shape index (κ1) is 28.2. The Morgan fingerprint density at radius 2 is 1.84 bits per heavy atom. The lowest BCUT2D eigenvalue weighted by molar-refractivity contribution is -0.384. The Labute approximate surface area is 227 Å². The van der Waals surface area contributed by atoms with Crippen molar-refractivity contribution in [2.45, 2.75) is 25.7 Å². The molecule has 2 aromatic carbocycles. The molecule has 0 amide bonds. The maximum Gasteiger partial charge on any atom is 0.355 e. The molecular weight excluding hydrogens is 560 g/mol. The van der Waals surface area contributed by atoms with Crippen molar-refractivity contribution in [3.8, 4) is 11.8 Å². The van der Waals surface area contributed by atoms with E-state index in [1.54, 1.807) is 30.3 Å². The predicted molar refractivity (Wildman–Crippen MR) is 141 cm³/mol. The van der Waals surface area contributed by atoms with Crippen molar-refractivity contribution in [3.63, 3.8) is 0 Å². The number of nitriles is 1. The van der Waals surface area contributed by atoms with Crippen LogP contribution in [0.25, 0.3) is 0 Å². The Balaban J connectivity index is 2.44. The molecule has 0 spiro atoms. The molecule has 11 nitrogen and oxygen atoms in total. The van der Waals surface area contributed by atoms with Gasteiger partial charge >= 0.3 is 11.9 Å². The second-order valence-electron chi connectivity index (χ2n) is 8.07. The van der Waals surface area contributed by atoms with Gasteiger partial charge in [-0.3, -0.25) is 15.0 Å². The average molecular weight is 585 g/mol. The number of benzene rings is 2. The van der Waals surface area contributed by atoms with Gasteiger partial charge in [0.2, 0.25) is 0 Å². The SMILES string of the molecule is CCCCOc1cc(N2C(N)=C(C#N)C(c3ccccc3)C(C(=O)OC)=C2C(=O)OC)c([N+](=O)[O-])cc1Br. The monoisotopic (exact) mass is 584 g/mol. The first-order valence-corrected chi connectivity index (χ1v) is 12.3.